The molecule has 4 nitrogen and oxygen atoms in total. The highest BCUT2D eigenvalue weighted by Gasteiger charge is 1.81. The lowest BCUT2D eigenvalue weighted by molar-refractivity contribution is -0.361. The molecule has 0 heterocycles. The first-order valence-electron chi connectivity index (χ1n) is 3.79. The van der Waals surface area contributed by atoms with E-state index in [2.05, 4.69) is 16.3 Å². The maximum Gasteiger partial charge on any atom is 0.302 e. The fraction of sp³-hybridized carbons (Fsp3) is 0.800. The molecule has 0 radical (unpaired) electrons. The van der Waals surface area contributed by atoms with Crippen LogP contribution < -0.4 is 17.5 Å². The molecular weight excluding hydrogens is 255 g/mol. The second kappa shape index (κ2) is 36.5. The standard InChI is InChI=1S/C4H8O2.C2H3ClO.C2H5O.2CH4.ClH/c1-3-6-4(2)5;1-2(3)4;1-2-3;;;/h3H2,1-2H3;1H3;2H2,1H3;2*1H4;1H/q;;-1;;;/p-1. The highest BCUT2D eigenvalue weighted by atomic mass is 35.5. The third kappa shape index (κ3) is 306. The van der Waals surface area contributed by atoms with E-state index < -0.39 is 0 Å². The summed E-state index contributed by atoms with van der Waals surface area (Å²) >= 11 is 4.64. The molecule has 0 aromatic rings. The van der Waals surface area contributed by atoms with Crippen LogP contribution >= 0.6 is 11.6 Å². The minimum atomic E-state index is -0.361. The SMILES string of the molecule is C.C.CC(=O)Cl.CCOC(C)=O.CC[O-].[Cl-]. The van der Waals surface area contributed by atoms with Crippen molar-refractivity contribution in [2.24, 2.45) is 0 Å². The van der Waals surface area contributed by atoms with Crippen molar-refractivity contribution in [3.8, 4) is 0 Å². The third-order valence-electron chi connectivity index (χ3n) is 0.348. The number of carbonyl (C=O) groups is 2. The van der Waals surface area contributed by atoms with E-state index in [9.17, 15) is 9.59 Å². The Labute approximate surface area is 111 Å². The molecule has 0 saturated heterocycles. The summed E-state index contributed by atoms with van der Waals surface area (Å²) in [5.41, 5.74) is 0. The summed E-state index contributed by atoms with van der Waals surface area (Å²) in [6.45, 7) is 6.52. The second-order valence-corrected chi connectivity index (χ2v) is 2.22. The Morgan fingerprint density at radius 3 is 1.38 bits per heavy atom. The Morgan fingerprint density at radius 2 is 1.38 bits per heavy atom. The van der Waals surface area contributed by atoms with E-state index in [4.69, 9.17) is 5.11 Å². The molecule has 0 aromatic heterocycles. The number of rotatable bonds is 1. The smallest absolute Gasteiger partial charge is 0.302 e. The van der Waals surface area contributed by atoms with Crippen LogP contribution in [0.1, 0.15) is 42.5 Å². The average Bonchev–Trinajstić information content (AvgIpc) is 1.86. The van der Waals surface area contributed by atoms with Gasteiger partial charge in [0.2, 0.25) is 5.24 Å². The van der Waals surface area contributed by atoms with Crippen molar-refractivity contribution in [1.82, 2.24) is 0 Å². The molecule has 0 fully saturated rings. The molecule has 0 amide bonds. The van der Waals surface area contributed by atoms with Gasteiger partial charge in [0.15, 0.2) is 0 Å². The second-order valence-electron chi connectivity index (χ2n) is 1.68. The van der Waals surface area contributed by atoms with Gasteiger partial charge in [0.25, 0.3) is 0 Å². The number of ether oxygens (including phenoxy) is 1. The number of esters is 1. The van der Waals surface area contributed by atoms with Gasteiger partial charge >= 0.3 is 5.97 Å². The normalized spacial score (nSPS) is 5.62. The summed E-state index contributed by atoms with van der Waals surface area (Å²) in [6, 6.07) is 0. The zero-order chi connectivity index (χ0) is 11.3. The number of halogens is 2. The maximum atomic E-state index is 9.82. The molecule has 0 spiro atoms. The first-order chi connectivity index (χ1) is 5.92. The number of hydrogen-bond donors (Lipinski definition) is 0. The van der Waals surface area contributed by atoms with Gasteiger partial charge in [-0.15, -0.1) is 6.61 Å². The predicted molar refractivity (Wildman–Crippen MR) is 62.8 cm³/mol. The Bertz CT molecular complexity index is 126. The van der Waals surface area contributed by atoms with Crippen molar-refractivity contribution in [3.05, 3.63) is 0 Å². The summed E-state index contributed by atoms with van der Waals surface area (Å²) in [4.78, 5) is 19.0. The van der Waals surface area contributed by atoms with Crippen molar-refractivity contribution in [1.29, 1.82) is 0 Å². The first kappa shape index (κ1) is 36.1. The lowest BCUT2D eigenvalue weighted by Gasteiger charge is -1.89. The van der Waals surface area contributed by atoms with Crippen LogP contribution in [0.4, 0.5) is 0 Å². The molecule has 0 aliphatic carbocycles. The topological polar surface area (TPSA) is 66.4 Å². The van der Waals surface area contributed by atoms with Gasteiger partial charge in [0, 0.05) is 13.8 Å². The molecule has 0 bridgehead atoms. The molecule has 0 N–H and O–H groups in total. The van der Waals surface area contributed by atoms with Crippen molar-refractivity contribution in [3.63, 3.8) is 0 Å². The molecule has 0 aromatic carbocycles. The van der Waals surface area contributed by atoms with Crippen LogP contribution in [0.2, 0.25) is 0 Å². The van der Waals surface area contributed by atoms with Crippen molar-refractivity contribution >= 4 is 22.8 Å². The van der Waals surface area contributed by atoms with Gasteiger partial charge in [-0.2, -0.15) is 0 Å². The maximum absolute atomic E-state index is 9.82. The molecule has 0 atom stereocenters. The van der Waals surface area contributed by atoms with E-state index in [-0.39, 0.29) is 45.1 Å². The Morgan fingerprint density at radius 1 is 1.19 bits per heavy atom. The third-order valence-corrected chi connectivity index (χ3v) is 0.348. The van der Waals surface area contributed by atoms with Gasteiger partial charge in [-0.1, -0.05) is 21.8 Å². The monoisotopic (exact) mass is 278 g/mol. The van der Waals surface area contributed by atoms with Crippen LogP contribution in [0.25, 0.3) is 0 Å². The van der Waals surface area contributed by atoms with E-state index in [1.165, 1.54) is 13.8 Å². The molecular formula is C10H24Cl2O4-2. The summed E-state index contributed by atoms with van der Waals surface area (Å²) in [7, 11) is 0. The lowest BCUT2D eigenvalue weighted by atomic mass is 10.8. The largest absolute Gasteiger partial charge is 1.00 e. The number of hydrogen-bond acceptors (Lipinski definition) is 4. The molecule has 0 unspecified atom stereocenters. The van der Waals surface area contributed by atoms with E-state index in [0.29, 0.717) is 6.61 Å². The Hall–Kier alpha value is -0.320. The lowest BCUT2D eigenvalue weighted by Crippen LogP contribution is -3.00. The fourth-order valence-corrected chi connectivity index (χ4v) is 0.203. The molecule has 0 aliphatic rings. The van der Waals surface area contributed by atoms with E-state index >= 15 is 0 Å². The van der Waals surface area contributed by atoms with Crippen molar-refractivity contribution in [2.45, 2.75) is 42.5 Å². The van der Waals surface area contributed by atoms with Gasteiger partial charge in [0.05, 0.1) is 6.61 Å². The van der Waals surface area contributed by atoms with Gasteiger partial charge < -0.3 is 22.3 Å². The van der Waals surface area contributed by atoms with Gasteiger partial charge in [-0.05, 0) is 18.5 Å². The Balaban J connectivity index is -0.0000000226. The molecule has 0 saturated carbocycles. The van der Waals surface area contributed by atoms with Crippen LogP contribution in [-0.2, 0) is 14.3 Å². The minimum absolute atomic E-state index is 0. The van der Waals surface area contributed by atoms with Gasteiger partial charge in [-0.3, -0.25) is 9.59 Å². The highest BCUT2D eigenvalue weighted by Crippen LogP contribution is 1.69. The minimum Gasteiger partial charge on any atom is -1.00 e. The van der Waals surface area contributed by atoms with E-state index in [1.54, 1.807) is 13.8 Å². The first-order valence-corrected chi connectivity index (χ1v) is 4.17. The summed E-state index contributed by atoms with van der Waals surface area (Å²) in [5.74, 6) is -0.211. The van der Waals surface area contributed by atoms with Crippen LogP contribution in [0, 0.1) is 0 Å². The molecule has 6 heteroatoms. The molecule has 104 valence electrons. The highest BCUT2D eigenvalue weighted by molar-refractivity contribution is 6.62. The van der Waals surface area contributed by atoms with E-state index in [0.717, 1.165) is 0 Å². The van der Waals surface area contributed by atoms with E-state index in [1.807, 2.05) is 0 Å². The van der Waals surface area contributed by atoms with Gasteiger partial charge in [0.1, 0.15) is 0 Å². The average molecular weight is 279 g/mol. The summed E-state index contributed by atoms with van der Waals surface area (Å²) < 4.78 is 4.40. The molecule has 0 aliphatic heterocycles. The number of carbonyl (C=O) groups excluding carboxylic acids is 2. The molecule has 16 heavy (non-hydrogen) atoms. The van der Waals surface area contributed by atoms with Crippen LogP contribution in [0.3, 0.4) is 0 Å². The quantitative estimate of drug-likeness (QED) is 0.455. The van der Waals surface area contributed by atoms with Gasteiger partial charge in [-0.25, -0.2) is 0 Å². The van der Waals surface area contributed by atoms with Crippen molar-refractivity contribution < 1.29 is 31.8 Å². The Kier molecular flexibility index (Phi) is 82.2. The predicted octanol–water partition coefficient (Wildman–Crippen LogP) is -1.02. The zero-order valence-electron chi connectivity index (χ0n) is 8.80. The van der Waals surface area contributed by atoms with Crippen molar-refractivity contribution in [2.75, 3.05) is 13.2 Å². The summed E-state index contributed by atoms with van der Waals surface area (Å²) in [6.07, 6.45) is 0. The van der Waals surface area contributed by atoms with Crippen LogP contribution in [-0.4, -0.2) is 24.4 Å². The van der Waals surface area contributed by atoms with Crippen LogP contribution in [0.15, 0.2) is 0 Å². The molecule has 0 rings (SSSR count). The summed E-state index contributed by atoms with van der Waals surface area (Å²) in [5, 5.41) is 8.57. The zero-order valence-corrected chi connectivity index (χ0v) is 10.3. The fourth-order valence-electron chi connectivity index (χ4n) is 0.203. The van der Waals surface area contributed by atoms with Crippen LogP contribution in [0.5, 0.6) is 0 Å².